The highest BCUT2D eigenvalue weighted by Crippen LogP contribution is 2.09. The van der Waals surface area contributed by atoms with E-state index in [1.807, 2.05) is 25.3 Å². The maximum atomic E-state index is 12.5. The van der Waals surface area contributed by atoms with Crippen LogP contribution >= 0.6 is 0 Å². The Balaban J connectivity index is 1.53. The minimum absolute atomic E-state index is 0.0217. The summed E-state index contributed by atoms with van der Waals surface area (Å²) in [6.45, 7) is 5.56. The molecule has 1 aliphatic heterocycles. The summed E-state index contributed by atoms with van der Waals surface area (Å²) in [6, 6.07) is 12.5. The Hall–Kier alpha value is -2.93. The SMILES string of the molecule is C[C@@H](C(=O)Nc1ccc(C(N)=O)cc1)[NH+]1CCN(c2cccc[nH+]2)CC1. The first-order valence-corrected chi connectivity index (χ1v) is 8.81. The molecule has 1 aromatic carbocycles. The molecule has 2 aromatic rings. The van der Waals surface area contributed by atoms with Gasteiger partial charge < -0.3 is 16.0 Å². The topological polar surface area (TPSA) is 94.0 Å². The van der Waals surface area contributed by atoms with Crippen LogP contribution in [0.25, 0.3) is 0 Å². The molecule has 26 heavy (non-hydrogen) atoms. The fourth-order valence-electron chi connectivity index (χ4n) is 3.20. The molecular weight excluding hydrogens is 330 g/mol. The monoisotopic (exact) mass is 355 g/mol. The number of nitrogens with two attached hydrogens (primary N) is 1. The van der Waals surface area contributed by atoms with E-state index in [0.717, 1.165) is 32.0 Å². The smallest absolute Gasteiger partial charge is 0.282 e. The molecule has 1 aromatic heterocycles. The predicted octanol–water partition coefficient (Wildman–Crippen LogP) is -0.668. The van der Waals surface area contributed by atoms with Crippen molar-refractivity contribution in [3.8, 4) is 0 Å². The van der Waals surface area contributed by atoms with E-state index in [0.29, 0.717) is 11.3 Å². The molecule has 1 atom stereocenters. The van der Waals surface area contributed by atoms with Crippen molar-refractivity contribution >= 4 is 23.3 Å². The van der Waals surface area contributed by atoms with Crippen LogP contribution in [0.3, 0.4) is 0 Å². The van der Waals surface area contributed by atoms with Crippen LogP contribution in [-0.2, 0) is 4.79 Å². The summed E-state index contributed by atoms with van der Waals surface area (Å²) in [5.41, 5.74) is 6.32. The number of amides is 2. The third-order valence-corrected chi connectivity index (χ3v) is 4.88. The third-order valence-electron chi connectivity index (χ3n) is 4.88. The van der Waals surface area contributed by atoms with Crippen LogP contribution in [0.15, 0.2) is 48.7 Å². The van der Waals surface area contributed by atoms with Gasteiger partial charge in [0.25, 0.3) is 11.7 Å². The summed E-state index contributed by atoms with van der Waals surface area (Å²) in [4.78, 5) is 30.5. The van der Waals surface area contributed by atoms with E-state index in [1.54, 1.807) is 24.3 Å². The summed E-state index contributed by atoms with van der Waals surface area (Å²) in [7, 11) is 0. The van der Waals surface area contributed by atoms with Gasteiger partial charge in [-0.1, -0.05) is 6.07 Å². The zero-order valence-corrected chi connectivity index (χ0v) is 14.9. The number of aromatic nitrogens is 1. The van der Waals surface area contributed by atoms with Gasteiger partial charge in [-0.3, -0.25) is 14.5 Å². The van der Waals surface area contributed by atoms with Crippen molar-refractivity contribution in [2.45, 2.75) is 13.0 Å². The molecule has 2 amide bonds. The first-order chi connectivity index (χ1) is 12.5. The number of rotatable bonds is 5. The van der Waals surface area contributed by atoms with Gasteiger partial charge in [0.2, 0.25) is 5.91 Å². The minimum Gasteiger partial charge on any atom is -0.366 e. The summed E-state index contributed by atoms with van der Waals surface area (Å²) in [5, 5.41) is 2.92. The first kappa shape index (κ1) is 17.9. The fraction of sp³-hybridized carbons (Fsp3) is 0.316. The van der Waals surface area contributed by atoms with Gasteiger partial charge in [-0.15, -0.1) is 0 Å². The number of carbonyl (C=O) groups is 2. The number of aromatic amines is 1. The number of nitrogens with one attached hydrogen (secondary N) is 3. The second-order valence-electron chi connectivity index (χ2n) is 6.55. The standard InChI is InChI=1S/C19H23N5O2/c1-14(19(26)22-16-7-5-15(6-8-16)18(20)25)23-10-12-24(13-11-23)17-4-2-3-9-21-17/h2-9,14H,10-13H2,1H3,(H2,20,25)(H,22,26)/p+2/t14-/m0/s1. The number of quaternary nitrogens is 1. The molecule has 2 heterocycles. The number of hydrogen-bond donors (Lipinski definition) is 3. The third kappa shape index (κ3) is 4.18. The molecule has 0 spiro atoms. The van der Waals surface area contributed by atoms with Crippen molar-refractivity contribution in [1.82, 2.24) is 0 Å². The average Bonchev–Trinajstić information content (AvgIpc) is 2.68. The van der Waals surface area contributed by atoms with Crippen molar-refractivity contribution in [3.63, 3.8) is 0 Å². The van der Waals surface area contributed by atoms with E-state index in [9.17, 15) is 9.59 Å². The molecule has 1 saturated heterocycles. The van der Waals surface area contributed by atoms with Crippen molar-refractivity contribution in [2.24, 2.45) is 5.73 Å². The van der Waals surface area contributed by atoms with Crippen molar-refractivity contribution in [2.75, 3.05) is 36.4 Å². The van der Waals surface area contributed by atoms with Crippen LogP contribution < -0.4 is 25.8 Å². The van der Waals surface area contributed by atoms with Gasteiger partial charge in [0.15, 0.2) is 6.04 Å². The lowest BCUT2D eigenvalue weighted by molar-refractivity contribution is -0.914. The Morgan fingerprint density at radius 1 is 1.15 bits per heavy atom. The Labute approximate surface area is 152 Å². The summed E-state index contributed by atoms with van der Waals surface area (Å²) < 4.78 is 0. The zero-order chi connectivity index (χ0) is 18.5. The van der Waals surface area contributed by atoms with Crippen LogP contribution in [0.4, 0.5) is 11.5 Å². The lowest BCUT2D eigenvalue weighted by atomic mass is 10.1. The largest absolute Gasteiger partial charge is 0.366 e. The molecule has 0 aliphatic carbocycles. The van der Waals surface area contributed by atoms with E-state index in [4.69, 9.17) is 5.73 Å². The molecule has 7 nitrogen and oxygen atoms in total. The molecule has 0 bridgehead atoms. The summed E-state index contributed by atoms with van der Waals surface area (Å²) in [5.74, 6) is 0.610. The van der Waals surface area contributed by atoms with E-state index >= 15 is 0 Å². The Kier molecular flexibility index (Phi) is 5.48. The van der Waals surface area contributed by atoms with Crippen molar-refractivity contribution in [1.29, 1.82) is 0 Å². The molecule has 1 fully saturated rings. The quantitative estimate of drug-likeness (QED) is 0.664. The molecule has 0 unspecified atom stereocenters. The number of piperazine rings is 1. The molecular formula is C19H25N5O2+2. The van der Waals surface area contributed by atoms with Gasteiger partial charge in [-0.25, -0.2) is 4.98 Å². The summed E-state index contributed by atoms with van der Waals surface area (Å²) in [6.07, 6.45) is 1.92. The maximum absolute atomic E-state index is 12.5. The highest BCUT2D eigenvalue weighted by atomic mass is 16.2. The normalized spacial score (nSPS) is 16.1. The number of pyridine rings is 1. The van der Waals surface area contributed by atoms with Crippen LogP contribution in [0.2, 0.25) is 0 Å². The number of primary amides is 1. The van der Waals surface area contributed by atoms with Crippen LogP contribution in [0.5, 0.6) is 0 Å². The second-order valence-corrected chi connectivity index (χ2v) is 6.55. The molecule has 0 saturated carbocycles. The fourth-order valence-corrected chi connectivity index (χ4v) is 3.20. The number of anilines is 2. The van der Waals surface area contributed by atoms with Crippen LogP contribution in [-0.4, -0.2) is 44.0 Å². The van der Waals surface area contributed by atoms with Gasteiger partial charge in [-0.05, 0) is 37.3 Å². The highest BCUT2D eigenvalue weighted by molar-refractivity contribution is 5.95. The predicted molar refractivity (Wildman–Crippen MR) is 99.0 cm³/mol. The van der Waals surface area contributed by atoms with E-state index in [1.165, 1.54) is 4.90 Å². The molecule has 3 rings (SSSR count). The van der Waals surface area contributed by atoms with Gasteiger partial charge in [-0.2, -0.15) is 0 Å². The number of nitrogens with zero attached hydrogens (tertiary/aromatic N) is 1. The zero-order valence-electron chi connectivity index (χ0n) is 14.9. The Morgan fingerprint density at radius 3 is 2.42 bits per heavy atom. The van der Waals surface area contributed by atoms with Gasteiger partial charge >= 0.3 is 0 Å². The molecule has 5 N–H and O–H groups in total. The second kappa shape index (κ2) is 7.97. The molecule has 136 valence electrons. The number of H-pyrrole nitrogens is 1. The lowest BCUT2D eigenvalue weighted by Gasteiger charge is -2.31. The molecule has 1 aliphatic rings. The number of hydrogen-bond acceptors (Lipinski definition) is 3. The number of carbonyl (C=O) groups excluding carboxylic acids is 2. The number of benzene rings is 1. The minimum atomic E-state index is -0.478. The van der Waals surface area contributed by atoms with Crippen molar-refractivity contribution < 1.29 is 19.5 Å². The maximum Gasteiger partial charge on any atom is 0.282 e. The van der Waals surface area contributed by atoms with Crippen LogP contribution in [0.1, 0.15) is 17.3 Å². The average molecular weight is 355 g/mol. The Morgan fingerprint density at radius 2 is 1.85 bits per heavy atom. The van der Waals surface area contributed by atoms with Gasteiger partial charge in [0.1, 0.15) is 26.2 Å². The highest BCUT2D eigenvalue weighted by Gasteiger charge is 2.32. The lowest BCUT2D eigenvalue weighted by Crippen LogP contribution is -3.19. The first-order valence-electron chi connectivity index (χ1n) is 8.81. The van der Waals surface area contributed by atoms with Gasteiger partial charge in [0, 0.05) is 17.3 Å². The van der Waals surface area contributed by atoms with E-state index in [-0.39, 0.29) is 11.9 Å². The molecule has 7 heteroatoms. The van der Waals surface area contributed by atoms with E-state index < -0.39 is 5.91 Å². The Bertz CT molecular complexity index is 755. The van der Waals surface area contributed by atoms with Crippen molar-refractivity contribution in [3.05, 3.63) is 54.2 Å². The molecule has 0 radical (unpaired) electrons. The van der Waals surface area contributed by atoms with Gasteiger partial charge in [0.05, 0.1) is 6.20 Å². The van der Waals surface area contributed by atoms with E-state index in [2.05, 4.69) is 21.3 Å². The van der Waals surface area contributed by atoms with Crippen LogP contribution in [0, 0.1) is 0 Å². The summed E-state index contributed by atoms with van der Waals surface area (Å²) >= 11 is 0.